The smallest absolute Gasteiger partial charge is 0.193 e. The van der Waals surface area contributed by atoms with Crippen molar-refractivity contribution in [2.24, 2.45) is 5.41 Å². The number of halogens is 1. The fraction of sp³-hybridized carbons (Fsp3) is 0.233. The molecule has 0 amide bonds. The van der Waals surface area contributed by atoms with Gasteiger partial charge in [-0.15, -0.1) is 0 Å². The van der Waals surface area contributed by atoms with Crippen LogP contribution >= 0.6 is 11.9 Å². The number of piperidine rings is 1. The summed E-state index contributed by atoms with van der Waals surface area (Å²) in [6, 6.07) is 18.6. The van der Waals surface area contributed by atoms with Gasteiger partial charge in [0.25, 0.3) is 0 Å². The topological polar surface area (TPSA) is 51.0 Å². The maximum Gasteiger partial charge on any atom is 0.193 e. The van der Waals surface area contributed by atoms with Crippen LogP contribution in [0.5, 0.6) is 0 Å². The van der Waals surface area contributed by atoms with E-state index in [2.05, 4.69) is 51.7 Å². The number of fused-ring (bicyclic) bond motifs is 2. The zero-order chi connectivity index (χ0) is 25.6. The number of carbonyl (C=O) groups is 1. The van der Waals surface area contributed by atoms with E-state index in [1.54, 1.807) is 30.3 Å². The van der Waals surface area contributed by atoms with Crippen LogP contribution in [0.3, 0.4) is 0 Å². The van der Waals surface area contributed by atoms with E-state index in [1.807, 2.05) is 29.9 Å². The van der Waals surface area contributed by atoms with Crippen LogP contribution in [0.15, 0.2) is 83.5 Å². The van der Waals surface area contributed by atoms with Gasteiger partial charge in [0, 0.05) is 24.2 Å². The Balaban J connectivity index is 1.41. The number of nitrogens with zero attached hydrogens (tertiary/aromatic N) is 4. The minimum atomic E-state index is -0.723. The lowest BCUT2D eigenvalue weighted by Gasteiger charge is -2.44. The van der Waals surface area contributed by atoms with Gasteiger partial charge in [0.2, 0.25) is 0 Å². The van der Waals surface area contributed by atoms with E-state index < -0.39 is 5.41 Å². The summed E-state index contributed by atoms with van der Waals surface area (Å²) in [4.78, 5) is 19.9. The van der Waals surface area contributed by atoms with Crippen molar-refractivity contribution in [1.29, 1.82) is 0 Å². The van der Waals surface area contributed by atoms with Crippen LogP contribution < -0.4 is 0 Å². The maximum atomic E-state index is 14.3. The van der Waals surface area contributed by atoms with Gasteiger partial charge in [0.05, 0.1) is 23.0 Å². The van der Waals surface area contributed by atoms with Gasteiger partial charge in [-0.25, -0.2) is 13.4 Å². The molecular formula is C30H27FN4OS. The summed E-state index contributed by atoms with van der Waals surface area (Å²) in [6.45, 7) is 5.50. The molecule has 0 saturated carbocycles. The molecule has 7 heteroatoms. The molecular weight excluding hydrogens is 483 g/mol. The van der Waals surface area contributed by atoms with Crippen molar-refractivity contribution in [2.75, 3.05) is 13.1 Å². The molecule has 0 N–H and O–H groups in total. The summed E-state index contributed by atoms with van der Waals surface area (Å²) in [6.07, 6.45) is 7.01. The van der Waals surface area contributed by atoms with Gasteiger partial charge in [-0.3, -0.25) is 9.78 Å². The largest absolute Gasteiger partial charge is 0.291 e. The minimum Gasteiger partial charge on any atom is -0.291 e. The molecule has 2 aliphatic rings. The van der Waals surface area contributed by atoms with Crippen molar-refractivity contribution < 1.29 is 9.18 Å². The van der Waals surface area contributed by atoms with E-state index in [-0.39, 0.29) is 11.6 Å². The zero-order valence-corrected chi connectivity index (χ0v) is 21.6. The fourth-order valence-corrected chi connectivity index (χ4v) is 6.55. The number of Topliss-reactive ketones (excluding diaryl/α,β-unsaturated/α-hetero) is 1. The van der Waals surface area contributed by atoms with Gasteiger partial charge < -0.3 is 0 Å². The molecule has 186 valence electrons. The number of hydrogen-bond acceptors (Lipinski definition) is 5. The second-order valence-corrected chi connectivity index (χ2v) is 11.1. The molecule has 37 heavy (non-hydrogen) atoms. The van der Waals surface area contributed by atoms with E-state index >= 15 is 0 Å². The van der Waals surface area contributed by atoms with E-state index in [0.29, 0.717) is 18.7 Å². The summed E-state index contributed by atoms with van der Waals surface area (Å²) in [5.74, 6) is -0.228. The zero-order valence-electron chi connectivity index (χ0n) is 20.8. The van der Waals surface area contributed by atoms with Gasteiger partial charge in [0.15, 0.2) is 5.78 Å². The van der Waals surface area contributed by atoms with E-state index in [4.69, 9.17) is 0 Å². The number of rotatable bonds is 5. The highest BCUT2D eigenvalue weighted by molar-refractivity contribution is 7.97. The Bertz CT molecular complexity index is 1530. The Hall–Kier alpha value is -3.55. The molecule has 1 aliphatic carbocycles. The summed E-state index contributed by atoms with van der Waals surface area (Å²) in [5, 5.41) is 4.63. The van der Waals surface area contributed by atoms with Crippen LogP contribution in [-0.2, 0) is 6.42 Å². The molecule has 0 spiro atoms. The second kappa shape index (κ2) is 9.39. The van der Waals surface area contributed by atoms with Crippen LogP contribution in [0.25, 0.3) is 11.8 Å². The van der Waals surface area contributed by atoms with E-state index in [1.165, 1.54) is 22.6 Å². The van der Waals surface area contributed by atoms with Gasteiger partial charge in [-0.2, -0.15) is 5.10 Å². The molecule has 1 fully saturated rings. The number of carbonyl (C=O) groups excluding carboxylic acids is 1. The van der Waals surface area contributed by atoms with Crippen LogP contribution in [0.1, 0.15) is 39.3 Å². The molecule has 2 aromatic carbocycles. The number of pyridine rings is 1. The van der Waals surface area contributed by atoms with Gasteiger partial charge in [0.1, 0.15) is 11.5 Å². The lowest BCUT2D eigenvalue weighted by molar-refractivity contribution is 0.0775. The van der Waals surface area contributed by atoms with E-state index in [9.17, 15) is 9.18 Å². The minimum absolute atomic E-state index is 0.0529. The van der Waals surface area contributed by atoms with Crippen molar-refractivity contribution >= 4 is 23.8 Å². The number of ketones is 1. The van der Waals surface area contributed by atoms with Crippen molar-refractivity contribution in [3.05, 3.63) is 113 Å². The fourth-order valence-electron chi connectivity index (χ4n) is 5.41. The lowest BCUT2D eigenvalue weighted by Crippen LogP contribution is -2.49. The Kier molecular flexibility index (Phi) is 6.05. The Labute approximate surface area is 220 Å². The molecule has 0 bridgehead atoms. The monoisotopic (exact) mass is 510 g/mol. The molecule has 1 saturated heterocycles. The highest BCUT2D eigenvalue weighted by Crippen LogP contribution is 2.48. The molecule has 2 aromatic heterocycles. The first kappa shape index (κ1) is 23.8. The maximum absolute atomic E-state index is 14.3. The van der Waals surface area contributed by atoms with E-state index in [0.717, 1.165) is 41.0 Å². The SMILES string of the molecule is Cc1cccc(SN2CCC3=Cc4c(cnn4-c4ccc(F)cc4)CC3(C(=O)c3cc(C)ccn3)C2)c1. The molecule has 0 radical (unpaired) electrons. The third-order valence-electron chi connectivity index (χ3n) is 7.26. The summed E-state index contributed by atoms with van der Waals surface area (Å²) < 4.78 is 17.7. The molecule has 1 atom stereocenters. The molecule has 4 aromatic rings. The average molecular weight is 511 g/mol. The second-order valence-electron chi connectivity index (χ2n) is 9.94. The van der Waals surface area contributed by atoms with Gasteiger partial charge >= 0.3 is 0 Å². The van der Waals surface area contributed by atoms with Crippen LogP contribution in [0.2, 0.25) is 0 Å². The highest BCUT2D eigenvalue weighted by atomic mass is 32.2. The first-order valence-corrected chi connectivity index (χ1v) is 13.2. The number of aromatic nitrogens is 3. The molecule has 1 unspecified atom stereocenters. The average Bonchev–Trinajstić information content (AvgIpc) is 3.29. The molecule has 1 aliphatic heterocycles. The van der Waals surface area contributed by atoms with Crippen molar-refractivity contribution in [3.63, 3.8) is 0 Å². The predicted molar refractivity (Wildman–Crippen MR) is 144 cm³/mol. The highest BCUT2D eigenvalue weighted by Gasteiger charge is 2.49. The Morgan fingerprint density at radius 1 is 1.05 bits per heavy atom. The third-order valence-corrected chi connectivity index (χ3v) is 8.29. The van der Waals surface area contributed by atoms with Gasteiger partial charge in [-0.1, -0.05) is 17.7 Å². The third kappa shape index (κ3) is 4.43. The Morgan fingerprint density at radius 3 is 2.65 bits per heavy atom. The lowest BCUT2D eigenvalue weighted by atomic mass is 9.65. The number of benzene rings is 2. The summed E-state index contributed by atoms with van der Waals surface area (Å²) >= 11 is 1.71. The molecule has 3 heterocycles. The van der Waals surface area contributed by atoms with Crippen LogP contribution in [0.4, 0.5) is 4.39 Å². The predicted octanol–water partition coefficient (Wildman–Crippen LogP) is 6.25. The van der Waals surface area contributed by atoms with Crippen LogP contribution in [-0.4, -0.2) is 37.9 Å². The normalized spacial score (nSPS) is 19.2. The molecule has 6 rings (SSSR count). The van der Waals surface area contributed by atoms with Gasteiger partial charge in [-0.05, 0) is 110 Å². The first-order valence-electron chi connectivity index (χ1n) is 12.4. The summed E-state index contributed by atoms with van der Waals surface area (Å²) in [5.41, 5.74) is 5.89. The first-order chi connectivity index (χ1) is 17.9. The van der Waals surface area contributed by atoms with Crippen molar-refractivity contribution in [2.45, 2.75) is 31.6 Å². The summed E-state index contributed by atoms with van der Waals surface area (Å²) in [7, 11) is 0. The number of aryl methyl sites for hydroxylation is 2. The van der Waals surface area contributed by atoms with Crippen molar-refractivity contribution in [3.8, 4) is 5.69 Å². The standard InChI is InChI=1S/C30H27FN4OS/c1-20-4-3-5-26(14-20)37-34-13-11-23-16-28-22(18-33-35(28)25-8-6-24(31)7-9-25)17-30(23,19-34)29(36)27-15-21(2)10-12-32-27/h3-10,12,14-16,18H,11,13,17,19H2,1-2H3. The van der Waals surface area contributed by atoms with Crippen molar-refractivity contribution in [1.82, 2.24) is 19.1 Å². The van der Waals surface area contributed by atoms with Crippen LogP contribution in [0, 0.1) is 25.1 Å². The number of hydrogen-bond donors (Lipinski definition) is 0. The quantitative estimate of drug-likeness (QED) is 0.235. The molecule has 5 nitrogen and oxygen atoms in total. The Morgan fingerprint density at radius 2 is 1.86 bits per heavy atom.